The van der Waals surface area contributed by atoms with Crippen molar-refractivity contribution in [2.75, 3.05) is 18.6 Å². The minimum absolute atomic E-state index is 0.504. The summed E-state index contributed by atoms with van der Waals surface area (Å²) in [6.07, 6.45) is 5.93. The lowest BCUT2D eigenvalue weighted by Crippen LogP contribution is -2.34. The zero-order valence-corrected chi connectivity index (χ0v) is 11.3. The Hall–Kier alpha value is -0.550. The molecule has 0 spiro atoms. The summed E-state index contributed by atoms with van der Waals surface area (Å²) in [5.41, 5.74) is 0. The fraction of sp³-hybridized carbons (Fsp3) is 0.818. The number of nitrogens with one attached hydrogen (secondary N) is 1. The van der Waals surface area contributed by atoms with Gasteiger partial charge in [0.2, 0.25) is 0 Å². The third kappa shape index (κ3) is 4.14. The van der Waals surface area contributed by atoms with Gasteiger partial charge in [0.15, 0.2) is 0 Å². The SMILES string of the molecule is CCCNC(CSC)Cc1ncnn1CC. The molecule has 1 aromatic heterocycles. The van der Waals surface area contributed by atoms with E-state index in [2.05, 4.69) is 35.5 Å². The van der Waals surface area contributed by atoms with E-state index < -0.39 is 0 Å². The zero-order chi connectivity index (χ0) is 11.8. The molecule has 0 saturated carbocycles. The Labute approximate surface area is 102 Å². The van der Waals surface area contributed by atoms with Gasteiger partial charge in [-0.3, -0.25) is 4.68 Å². The van der Waals surface area contributed by atoms with Crippen molar-refractivity contribution in [1.82, 2.24) is 20.1 Å². The Morgan fingerprint density at radius 2 is 2.31 bits per heavy atom. The summed E-state index contributed by atoms with van der Waals surface area (Å²) in [4.78, 5) is 4.32. The molecular formula is C11H22N4S. The van der Waals surface area contributed by atoms with Gasteiger partial charge in [-0.1, -0.05) is 6.92 Å². The predicted molar refractivity (Wildman–Crippen MR) is 69.9 cm³/mol. The van der Waals surface area contributed by atoms with Crippen LogP contribution in [0.1, 0.15) is 26.1 Å². The van der Waals surface area contributed by atoms with Crippen LogP contribution in [0.4, 0.5) is 0 Å². The first kappa shape index (κ1) is 13.5. The maximum Gasteiger partial charge on any atom is 0.138 e. The van der Waals surface area contributed by atoms with Crippen LogP contribution in [0.25, 0.3) is 0 Å². The molecule has 0 aromatic carbocycles. The maximum absolute atomic E-state index is 4.32. The normalized spacial score (nSPS) is 12.9. The minimum Gasteiger partial charge on any atom is -0.313 e. The molecule has 0 bridgehead atoms. The highest BCUT2D eigenvalue weighted by Gasteiger charge is 2.12. The molecule has 0 aliphatic heterocycles. The van der Waals surface area contributed by atoms with Crippen LogP contribution in [0.5, 0.6) is 0 Å². The minimum atomic E-state index is 0.504. The van der Waals surface area contributed by atoms with E-state index in [1.807, 2.05) is 16.4 Å². The smallest absolute Gasteiger partial charge is 0.138 e. The van der Waals surface area contributed by atoms with Gasteiger partial charge in [-0.15, -0.1) is 0 Å². The molecule has 1 N–H and O–H groups in total. The molecule has 0 aliphatic carbocycles. The highest BCUT2D eigenvalue weighted by molar-refractivity contribution is 7.98. The second kappa shape index (κ2) is 7.68. The molecule has 1 rings (SSSR count). The maximum atomic E-state index is 4.32. The molecular weight excluding hydrogens is 220 g/mol. The number of hydrogen-bond acceptors (Lipinski definition) is 4. The lowest BCUT2D eigenvalue weighted by Gasteiger charge is -2.17. The van der Waals surface area contributed by atoms with Crippen LogP contribution in [0.3, 0.4) is 0 Å². The molecule has 1 atom stereocenters. The number of rotatable bonds is 8. The Morgan fingerprint density at radius 1 is 1.50 bits per heavy atom. The molecule has 4 nitrogen and oxygen atoms in total. The largest absolute Gasteiger partial charge is 0.313 e. The molecule has 0 aliphatic rings. The first-order chi connectivity index (χ1) is 7.81. The third-order valence-electron chi connectivity index (χ3n) is 2.48. The van der Waals surface area contributed by atoms with E-state index in [0.29, 0.717) is 6.04 Å². The molecule has 92 valence electrons. The molecule has 1 heterocycles. The van der Waals surface area contributed by atoms with Gasteiger partial charge in [-0.2, -0.15) is 16.9 Å². The van der Waals surface area contributed by atoms with Crippen LogP contribution >= 0.6 is 11.8 Å². The molecule has 0 saturated heterocycles. The van der Waals surface area contributed by atoms with Gasteiger partial charge in [0.1, 0.15) is 12.2 Å². The molecule has 16 heavy (non-hydrogen) atoms. The average molecular weight is 242 g/mol. The van der Waals surface area contributed by atoms with E-state index in [-0.39, 0.29) is 0 Å². The van der Waals surface area contributed by atoms with E-state index in [1.165, 1.54) is 6.42 Å². The molecule has 5 heteroatoms. The van der Waals surface area contributed by atoms with Crippen molar-refractivity contribution in [3.8, 4) is 0 Å². The number of aryl methyl sites for hydroxylation is 1. The second-order valence-electron chi connectivity index (χ2n) is 3.80. The predicted octanol–water partition coefficient (Wildman–Crippen LogP) is 1.57. The third-order valence-corrected chi connectivity index (χ3v) is 3.21. The van der Waals surface area contributed by atoms with Crippen LogP contribution in [0.2, 0.25) is 0 Å². The van der Waals surface area contributed by atoms with E-state index in [1.54, 1.807) is 6.33 Å². The van der Waals surface area contributed by atoms with Crippen molar-refractivity contribution in [1.29, 1.82) is 0 Å². The van der Waals surface area contributed by atoms with Crippen molar-refractivity contribution in [2.45, 2.75) is 39.3 Å². The van der Waals surface area contributed by atoms with Crippen molar-refractivity contribution in [3.05, 3.63) is 12.2 Å². The fourth-order valence-electron chi connectivity index (χ4n) is 1.67. The Bertz CT molecular complexity index is 287. The van der Waals surface area contributed by atoms with E-state index in [0.717, 1.165) is 31.1 Å². The van der Waals surface area contributed by atoms with Gasteiger partial charge in [-0.25, -0.2) is 4.98 Å². The molecule has 1 aromatic rings. The van der Waals surface area contributed by atoms with Gasteiger partial charge < -0.3 is 5.32 Å². The Morgan fingerprint density at radius 3 is 2.94 bits per heavy atom. The van der Waals surface area contributed by atoms with Gasteiger partial charge in [0.25, 0.3) is 0 Å². The molecule has 0 radical (unpaired) electrons. The summed E-state index contributed by atoms with van der Waals surface area (Å²) in [5, 5.41) is 7.76. The van der Waals surface area contributed by atoms with Crippen LogP contribution in [0, 0.1) is 0 Å². The van der Waals surface area contributed by atoms with E-state index >= 15 is 0 Å². The van der Waals surface area contributed by atoms with Crippen LogP contribution < -0.4 is 5.32 Å². The van der Waals surface area contributed by atoms with Crippen molar-refractivity contribution >= 4 is 11.8 Å². The highest BCUT2D eigenvalue weighted by atomic mass is 32.2. The number of aromatic nitrogens is 3. The topological polar surface area (TPSA) is 42.7 Å². The molecule has 0 fully saturated rings. The lowest BCUT2D eigenvalue weighted by atomic mass is 10.2. The summed E-state index contributed by atoms with van der Waals surface area (Å²) in [6.45, 7) is 6.26. The number of hydrogen-bond donors (Lipinski definition) is 1. The van der Waals surface area contributed by atoms with E-state index in [9.17, 15) is 0 Å². The first-order valence-electron chi connectivity index (χ1n) is 5.90. The lowest BCUT2D eigenvalue weighted by molar-refractivity contribution is 0.514. The van der Waals surface area contributed by atoms with E-state index in [4.69, 9.17) is 0 Å². The van der Waals surface area contributed by atoms with Crippen molar-refractivity contribution < 1.29 is 0 Å². The summed E-state index contributed by atoms with van der Waals surface area (Å²) < 4.78 is 1.97. The Kier molecular flexibility index (Phi) is 6.49. The van der Waals surface area contributed by atoms with Crippen LogP contribution in [0.15, 0.2) is 6.33 Å². The fourth-order valence-corrected chi connectivity index (χ4v) is 2.31. The molecule has 0 amide bonds. The van der Waals surface area contributed by atoms with Gasteiger partial charge in [0.05, 0.1) is 0 Å². The van der Waals surface area contributed by atoms with Crippen LogP contribution in [-0.2, 0) is 13.0 Å². The Balaban J connectivity index is 2.52. The van der Waals surface area contributed by atoms with Crippen molar-refractivity contribution in [2.24, 2.45) is 0 Å². The molecule has 1 unspecified atom stereocenters. The first-order valence-corrected chi connectivity index (χ1v) is 7.30. The summed E-state index contributed by atoms with van der Waals surface area (Å²) >= 11 is 1.88. The highest BCUT2D eigenvalue weighted by Crippen LogP contribution is 2.05. The monoisotopic (exact) mass is 242 g/mol. The average Bonchev–Trinajstić information content (AvgIpc) is 2.73. The summed E-state index contributed by atoms with van der Waals surface area (Å²) in [5.74, 6) is 2.21. The summed E-state index contributed by atoms with van der Waals surface area (Å²) in [7, 11) is 0. The quantitative estimate of drug-likeness (QED) is 0.751. The zero-order valence-electron chi connectivity index (χ0n) is 10.4. The second-order valence-corrected chi connectivity index (χ2v) is 4.71. The standard InChI is InChI=1S/C11H22N4S/c1-4-6-12-10(8-16-3)7-11-13-9-14-15(11)5-2/h9-10,12H,4-8H2,1-3H3. The number of thioether (sulfide) groups is 1. The van der Waals surface area contributed by atoms with Crippen molar-refractivity contribution in [3.63, 3.8) is 0 Å². The summed E-state index contributed by atoms with van der Waals surface area (Å²) in [6, 6.07) is 0.504. The van der Waals surface area contributed by atoms with Gasteiger partial charge in [-0.05, 0) is 26.1 Å². The van der Waals surface area contributed by atoms with Crippen LogP contribution in [-0.4, -0.2) is 39.4 Å². The van der Waals surface area contributed by atoms with Gasteiger partial charge >= 0.3 is 0 Å². The van der Waals surface area contributed by atoms with Gasteiger partial charge in [0, 0.05) is 24.8 Å². The number of nitrogens with zero attached hydrogens (tertiary/aromatic N) is 3.